The summed E-state index contributed by atoms with van der Waals surface area (Å²) in [6, 6.07) is 9.44. The Labute approximate surface area is 89.4 Å². The smallest absolute Gasteiger partial charge is 0.338 e. The van der Waals surface area contributed by atoms with E-state index in [2.05, 4.69) is 5.32 Å². The van der Waals surface area contributed by atoms with E-state index in [-0.39, 0.29) is 5.97 Å². The summed E-state index contributed by atoms with van der Waals surface area (Å²) in [5, 5.41) is 3.29. The molecule has 3 heteroatoms. The number of ether oxygens (including phenoxy) is 1. The van der Waals surface area contributed by atoms with Gasteiger partial charge >= 0.3 is 5.97 Å². The number of hydrogen-bond acceptors (Lipinski definition) is 3. The molecule has 0 bridgehead atoms. The summed E-state index contributed by atoms with van der Waals surface area (Å²) in [4.78, 5) is 11.6. The third kappa shape index (κ3) is 2.80. The van der Waals surface area contributed by atoms with Crippen LogP contribution in [0, 0.1) is 0 Å². The fraction of sp³-hybridized carbons (Fsp3) is 0.417. The van der Waals surface area contributed by atoms with Gasteiger partial charge in [-0.1, -0.05) is 18.2 Å². The summed E-state index contributed by atoms with van der Waals surface area (Å²) in [7, 11) is 0. The minimum atomic E-state index is -0.232. The highest BCUT2D eigenvalue weighted by atomic mass is 16.5. The standard InChI is InChI=1S/C12H15NO2/c14-12(10-5-2-1-3-6-10)15-9-11-7-4-8-13-11/h1-3,5-6,11,13H,4,7-9H2. The lowest BCUT2D eigenvalue weighted by Gasteiger charge is -2.10. The minimum absolute atomic E-state index is 0.232. The van der Waals surface area contributed by atoms with E-state index in [1.54, 1.807) is 12.1 Å². The number of nitrogens with one attached hydrogen (secondary N) is 1. The number of carbonyl (C=O) groups is 1. The molecule has 1 aliphatic heterocycles. The molecule has 0 radical (unpaired) electrons. The van der Waals surface area contributed by atoms with Crippen LogP contribution in [0.1, 0.15) is 23.2 Å². The SMILES string of the molecule is O=C(OCC1CCCN1)c1ccccc1. The molecule has 1 aromatic rings. The number of carbonyl (C=O) groups excluding carboxylic acids is 1. The lowest BCUT2D eigenvalue weighted by molar-refractivity contribution is 0.0473. The zero-order chi connectivity index (χ0) is 10.5. The van der Waals surface area contributed by atoms with Gasteiger partial charge in [-0.15, -0.1) is 0 Å². The van der Waals surface area contributed by atoms with Crippen molar-refractivity contribution >= 4 is 5.97 Å². The van der Waals surface area contributed by atoms with Crippen LogP contribution in [0.4, 0.5) is 0 Å². The van der Waals surface area contributed by atoms with Gasteiger partial charge in [0.2, 0.25) is 0 Å². The van der Waals surface area contributed by atoms with Gasteiger partial charge in [-0.2, -0.15) is 0 Å². The van der Waals surface area contributed by atoms with Gasteiger partial charge in [0.25, 0.3) is 0 Å². The maximum absolute atomic E-state index is 11.6. The predicted molar refractivity (Wildman–Crippen MR) is 57.7 cm³/mol. The summed E-state index contributed by atoms with van der Waals surface area (Å²) in [6.07, 6.45) is 2.27. The number of hydrogen-bond donors (Lipinski definition) is 1. The van der Waals surface area contributed by atoms with Crippen LogP contribution in [-0.2, 0) is 4.74 Å². The maximum atomic E-state index is 11.6. The van der Waals surface area contributed by atoms with Crippen molar-refractivity contribution in [2.24, 2.45) is 0 Å². The molecule has 0 amide bonds. The molecule has 1 heterocycles. The van der Waals surface area contributed by atoms with E-state index in [9.17, 15) is 4.79 Å². The lowest BCUT2D eigenvalue weighted by Crippen LogP contribution is -2.28. The summed E-state index contributed by atoms with van der Waals surface area (Å²) in [6.45, 7) is 1.52. The Morgan fingerprint density at radius 1 is 1.40 bits per heavy atom. The Kier molecular flexibility index (Phi) is 3.35. The molecule has 1 aliphatic rings. The van der Waals surface area contributed by atoms with Crippen LogP contribution in [0.3, 0.4) is 0 Å². The molecular weight excluding hydrogens is 190 g/mol. The second-order valence-electron chi connectivity index (χ2n) is 3.76. The quantitative estimate of drug-likeness (QED) is 0.762. The summed E-state index contributed by atoms with van der Waals surface area (Å²) in [5.41, 5.74) is 0.621. The Morgan fingerprint density at radius 2 is 2.20 bits per heavy atom. The average Bonchev–Trinajstić information content (AvgIpc) is 2.80. The summed E-state index contributed by atoms with van der Waals surface area (Å²) < 4.78 is 5.21. The molecule has 1 saturated heterocycles. The third-order valence-electron chi connectivity index (χ3n) is 2.59. The van der Waals surface area contributed by atoms with Crippen molar-refractivity contribution in [1.82, 2.24) is 5.32 Å². The van der Waals surface area contributed by atoms with E-state index >= 15 is 0 Å². The van der Waals surface area contributed by atoms with Crippen LogP contribution >= 0.6 is 0 Å². The van der Waals surface area contributed by atoms with Gasteiger partial charge in [-0.3, -0.25) is 0 Å². The molecule has 1 fully saturated rings. The zero-order valence-corrected chi connectivity index (χ0v) is 8.61. The first kappa shape index (κ1) is 10.2. The third-order valence-corrected chi connectivity index (χ3v) is 2.59. The first-order chi connectivity index (χ1) is 7.36. The van der Waals surface area contributed by atoms with Crippen LogP contribution < -0.4 is 5.32 Å². The van der Waals surface area contributed by atoms with Crippen molar-refractivity contribution in [1.29, 1.82) is 0 Å². The van der Waals surface area contributed by atoms with E-state index < -0.39 is 0 Å². The van der Waals surface area contributed by atoms with Crippen LogP contribution in [0.5, 0.6) is 0 Å². The van der Waals surface area contributed by atoms with Crippen LogP contribution in [-0.4, -0.2) is 25.2 Å². The first-order valence-corrected chi connectivity index (χ1v) is 5.32. The van der Waals surface area contributed by atoms with Gasteiger partial charge in [0.1, 0.15) is 6.61 Å². The molecule has 1 N–H and O–H groups in total. The highest BCUT2D eigenvalue weighted by Crippen LogP contribution is 2.07. The number of esters is 1. The van der Waals surface area contributed by atoms with Gasteiger partial charge in [0, 0.05) is 6.04 Å². The molecule has 2 rings (SSSR count). The van der Waals surface area contributed by atoms with Gasteiger partial charge in [0.15, 0.2) is 0 Å². The minimum Gasteiger partial charge on any atom is -0.460 e. The largest absolute Gasteiger partial charge is 0.460 e. The fourth-order valence-corrected chi connectivity index (χ4v) is 1.73. The van der Waals surface area contributed by atoms with E-state index in [1.807, 2.05) is 18.2 Å². The lowest BCUT2D eigenvalue weighted by atomic mass is 10.2. The van der Waals surface area contributed by atoms with E-state index in [1.165, 1.54) is 6.42 Å². The molecular formula is C12H15NO2. The van der Waals surface area contributed by atoms with Gasteiger partial charge in [-0.05, 0) is 31.5 Å². The number of benzene rings is 1. The van der Waals surface area contributed by atoms with Crippen LogP contribution in [0.15, 0.2) is 30.3 Å². The van der Waals surface area contributed by atoms with E-state index in [4.69, 9.17) is 4.74 Å². The van der Waals surface area contributed by atoms with Crippen LogP contribution in [0.25, 0.3) is 0 Å². The second-order valence-corrected chi connectivity index (χ2v) is 3.76. The molecule has 0 aromatic heterocycles. The Balaban J connectivity index is 1.82. The second kappa shape index (κ2) is 4.94. The predicted octanol–water partition coefficient (Wildman–Crippen LogP) is 1.60. The topological polar surface area (TPSA) is 38.3 Å². The van der Waals surface area contributed by atoms with Crippen LogP contribution in [0.2, 0.25) is 0 Å². The maximum Gasteiger partial charge on any atom is 0.338 e. The highest BCUT2D eigenvalue weighted by molar-refractivity contribution is 5.89. The highest BCUT2D eigenvalue weighted by Gasteiger charge is 2.16. The summed E-state index contributed by atoms with van der Waals surface area (Å²) in [5.74, 6) is -0.232. The Hall–Kier alpha value is -1.35. The van der Waals surface area contributed by atoms with E-state index in [0.29, 0.717) is 18.2 Å². The first-order valence-electron chi connectivity index (χ1n) is 5.32. The zero-order valence-electron chi connectivity index (χ0n) is 8.61. The molecule has 0 spiro atoms. The molecule has 15 heavy (non-hydrogen) atoms. The monoisotopic (exact) mass is 205 g/mol. The van der Waals surface area contributed by atoms with Gasteiger partial charge in [0.05, 0.1) is 5.56 Å². The van der Waals surface area contributed by atoms with Crippen molar-refractivity contribution in [2.75, 3.05) is 13.2 Å². The Bertz CT molecular complexity index is 318. The molecule has 1 aromatic carbocycles. The van der Waals surface area contributed by atoms with Gasteiger partial charge in [-0.25, -0.2) is 4.79 Å². The van der Waals surface area contributed by atoms with Crippen molar-refractivity contribution in [2.45, 2.75) is 18.9 Å². The van der Waals surface area contributed by atoms with Crippen molar-refractivity contribution < 1.29 is 9.53 Å². The molecule has 80 valence electrons. The number of rotatable bonds is 3. The van der Waals surface area contributed by atoms with Crippen molar-refractivity contribution in [3.63, 3.8) is 0 Å². The Morgan fingerprint density at radius 3 is 2.87 bits per heavy atom. The molecule has 0 aliphatic carbocycles. The molecule has 0 saturated carbocycles. The van der Waals surface area contributed by atoms with Crippen molar-refractivity contribution in [3.8, 4) is 0 Å². The molecule has 1 atom stereocenters. The normalized spacial score (nSPS) is 20.1. The van der Waals surface area contributed by atoms with E-state index in [0.717, 1.165) is 13.0 Å². The molecule has 3 nitrogen and oxygen atoms in total. The fourth-order valence-electron chi connectivity index (χ4n) is 1.73. The summed E-state index contributed by atoms with van der Waals surface area (Å²) >= 11 is 0. The van der Waals surface area contributed by atoms with Crippen molar-refractivity contribution in [3.05, 3.63) is 35.9 Å². The molecule has 1 unspecified atom stereocenters. The van der Waals surface area contributed by atoms with Gasteiger partial charge < -0.3 is 10.1 Å². The average molecular weight is 205 g/mol.